The monoisotopic (exact) mass is 236 g/mol. The molecular formula is C13H8N4O. The predicted molar refractivity (Wildman–Crippen MR) is 60.1 cm³/mol. The molecule has 0 aliphatic heterocycles. The average molecular weight is 236 g/mol. The van der Waals surface area contributed by atoms with Crippen LogP contribution in [-0.2, 0) is 4.79 Å². The van der Waals surface area contributed by atoms with Crippen molar-refractivity contribution >= 4 is 5.91 Å². The Labute approximate surface area is 104 Å². The van der Waals surface area contributed by atoms with Gasteiger partial charge in [0.15, 0.2) is 10.8 Å². The van der Waals surface area contributed by atoms with Gasteiger partial charge in [-0.05, 0) is 5.56 Å². The van der Waals surface area contributed by atoms with Gasteiger partial charge in [0, 0.05) is 5.92 Å². The van der Waals surface area contributed by atoms with Crippen LogP contribution in [0.1, 0.15) is 11.5 Å². The highest BCUT2D eigenvalue weighted by molar-refractivity contribution is 5.94. The molecule has 0 aromatic heterocycles. The molecule has 0 spiro atoms. The minimum absolute atomic E-state index is 0.598. The number of rotatable bonds is 2. The van der Waals surface area contributed by atoms with E-state index in [0.717, 1.165) is 0 Å². The van der Waals surface area contributed by atoms with Gasteiger partial charge >= 0.3 is 0 Å². The first-order valence-electron chi connectivity index (χ1n) is 5.19. The minimum Gasteiger partial charge on any atom is -0.368 e. The van der Waals surface area contributed by atoms with E-state index in [-0.39, 0.29) is 0 Å². The highest BCUT2D eigenvalue weighted by Gasteiger charge is 2.84. The van der Waals surface area contributed by atoms with E-state index in [1.165, 1.54) is 0 Å². The third kappa shape index (κ3) is 1.04. The van der Waals surface area contributed by atoms with Crippen LogP contribution >= 0.6 is 0 Å². The van der Waals surface area contributed by atoms with Gasteiger partial charge in [-0.3, -0.25) is 4.79 Å². The van der Waals surface area contributed by atoms with E-state index in [4.69, 9.17) is 5.73 Å². The number of hydrogen-bond acceptors (Lipinski definition) is 4. The molecule has 0 unspecified atom stereocenters. The minimum atomic E-state index is -1.75. The number of nitrogens with zero attached hydrogens (tertiary/aromatic N) is 3. The number of benzene rings is 1. The highest BCUT2D eigenvalue weighted by Crippen LogP contribution is 2.73. The molecule has 1 aliphatic rings. The molecule has 1 saturated carbocycles. The van der Waals surface area contributed by atoms with Crippen LogP contribution in [0.25, 0.3) is 0 Å². The summed E-state index contributed by atoms with van der Waals surface area (Å²) in [7, 11) is 0. The summed E-state index contributed by atoms with van der Waals surface area (Å²) in [5, 5.41) is 27.5. The molecule has 1 aliphatic carbocycles. The van der Waals surface area contributed by atoms with Crippen LogP contribution in [0.2, 0.25) is 0 Å². The lowest BCUT2D eigenvalue weighted by Crippen LogP contribution is -2.28. The normalized spacial score (nSPS) is 27.3. The molecule has 0 radical (unpaired) electrons. The number of carbonyl (C=O) groups is 1. The molecule has 1 aromatic carbocycles. The van der Waals surface area contributed by atoms with E-state index in [0.29, 0.717) is 5.56 Å². The number of primary amides is 1. The summed E-state index contributed by atoms with van der Waals surface area (Å²) < 4.78 is 0. The van der Waals surface area contributed by atoms with Crippen molar-refractivity contribution in [3.63, 3.8) is 0 Å². The molecule has 18 heavy (non-hydrogen) atoms. The molecule has 5 nitrogen and oxygen atoms in total. The number of carbonyl (C=O) groups excluding carboxylic acids is 1. The molecule has 0 saturated heterocycles. The molecule has 0 heterocycles. The molecule has 1 aromatic rings. The maximum atomic E-state index is 11.5. The summed E-state index contributed by atoms with van der Waals surface area (Å²) in [5.41, 5.74) is 2.39. The van der Waals surface area contributed by atoms with Crippen LogP contribution in [0.15, 0.2) is 30.3 Å². The van der Waals surface area contributed by atoms with Gasteiger partial charge in [-0.1, -0.05) is 30.3 Å². The Bertz CT molecular complexity index is 618. The Hall–Kier alpha value is -2.84. The van der Waals surface area contributed by atoms with E-state index in [2.05, 4.69) is 0 Å². The number of nitrogens with two attached hydrogens (primary N) is 1. The van der Waals surface area contributed by atoms with Crippen LogP contribution < -0.4 is 5.73 Å². The van der Waals surface area contributed by atoms with Gasteiger partial charge in [0.05, 0.1) is 18.2 Å². The number of hydrogen-bond donors (Lipinski definition) is 1. The first-order valence-corrected chi connectivity index (χ1v) is 5.19. The Kier molecular flexibility index (Phi) is 2.32. The van der Waals surface area contributed by atoms with Crippen molar-refractivity contribution in [2.45, 2.75) is 5.92 Å². The zero-order valence-corrected chi connectivity index (χ0v) is 9.29. The van der Waals surface area contributed by atoms with Crippen LogP contribution in [0.3, 0.4) is 0 Å². The molecular weight excluding hydrogens is 228 g/mol. The molecule has 86 valence electrons. The molecule has 2 atom stereocenters. The fourth-order valence-electron chi connectivity index (χ4n) is 2.50. The fraction of sp³-hybridized carbons (Fsp3) is 0.231. The van der Waals surface area contributed by atoms with E-state index in [9.17, 15) is 20.6 Å². The molecule has 5 heteroatoms. The van der Waals surface area contributed by atoms with Gasteiger partial charge < -0.3 is 5.73 Å². The smallest absolute Gasteiger partial charge is 0.241 e. The van der Waals surface area contributed by atoms with Crippen LogP contribution in [0.5, 0.6) is 0 Å². The van der Waals surface area contributed by atoms with Crippen molar-refractivity contribution in [2.24, 2.45) is 16.6 Å². The van der Waals surface area contributed by atoms with Gasteiger partial charge in [0.25, 0.3) is 0 Å². The lowest BCUT2D eigenvalue weighted by molar-refractivity contribution is -0.121. The molecule has 2 rings (SSSR count). The second-order valence-electron chi connectivity index (χ2n) is 4.16. The molecule has 1 amide bonds. The lowest BCUT2D eigenvalue weighted by Gasteiger charge is -2.02. The SMILES string of the molecule is N#CC1(C#N)[C@H](c2ccccc2)[C@@]1(C#N)C(N)=O. The maximum Gasteiger partial charge on any atom is 0.241 e. The number of nitriles is 3. The van der Waals surface area contributed by atoms with Gasteiger partial charge in [-0.15, -0.1) is 0 Å². The van der Waals surface area contributed by atoms with Crippen molar-refractivity contribution in [2.75, 3.05) is 0 Å². The quantitative estimate of drug-likeness (QED) is 0.818. The summed E-state index contributed by atoms with van der Waals surface area (Å²) in [6, 6.07) is 13.9. The van der Waals surface area contributed by atoms with Crippen LogP contribution in [0.4, 0.5) is 0 Å². The van der Waals surface area contributed by atoms with Crippen molar-refractivity contribution < 1.29 is 4.79 Å². The van der Waals surface area contributed by atoms with Crippen molar-refractivity contribution in [3.8, 4) is 18.2 Å². The summed E-state index contributed by atoms with van der Waals surface area (Å²) in [4.78, 5) is 11.5. The first kappa shape index (κ1) is 11.6. The van der Waals surface area contributed by atoms with E-state index in [1.807, 2.05) is 0 Å². The van der Waals surface area contributed by atoms with Gasteiger partial charge in [0.2, 0.25) is 5.91 Å². The Morgan fingerprint density at radius 3 is 2.00 bits per heavy atom. The van der Waals surface area contributed by atoms with Gasteiger partial charge in [-0.2, -0.15) is 15.8 Å². The van der Waals surface area contributed by atoms with Crippen LogP contribution in [-0.4, -0.2) is 5.91 Å². The summed E-state index contributed by atoms with van der Waals surface area (Å²) in [6.07, 6.45) is 0. The van der Waals surface area contributed by atoms with Gasteiger partial charge in [0.1, 0.15) is 0 Å². The van der Waals surface area contributed by atoms with E-state index < -0.39 is 22.7 Å². The average Bonchev–Trinajstić information content (AvgIpc) is 3.04. The Morgan fingerprint density at radius 2 is 1.67 bits per heavy atom. The molecule has 1 fully saturated rings. The fourth-order valence-corrected chi connectivity index (χ4v) is 2.50. The molecule has 2 N–H and O–H groups in total. The predicted octanol–water partition coefficient (Wildman–Crippen LogP) is 0.813. The standard InChI is InChI=1S/C13H8N4O/c14-6-12(7-15)10(9-4-2-1-3-5-9)13(12,8-16)11(17)18/h1-5,10H,(H2,17,18)/t10-,13-/m0/s1. The van der Waals surface area contributed by atoms with Gasteiger partial charge in [-0.25, -0.2) is 0 Å². The third-order valence-corrected chi connectivity index (χ3v) is 3.46. The van der Waals surface area contributed by atoms with Crippen molar-refractivity contribution in [3.05, 3.63) is 35.9 Å². The summed E-state index contributed by atoms with van der Waals surface area (Å²) >= 11 is 0. The van der Waals surface area contributed by atoms with E-state index in [1.54, 1.807) is 48.5 Å². The third-order valence-electron chi connectivity index (χ3n) is 3.46. The van der Waals surface area contributed by atoms with Crippen LogP contribution in [0, 0.1) is 44.8 Å². The molecule has 0 bridgehead atoms. The second kappa shape index (κ2) is 3.58. The summed E-state index contributed by atoms with van der Waals surface area (Å²) in [6.45, 7) is 0. The zero-order valence-electron chi connectivity index (χ0n) is 9.29. The zero-order chi connectivity index (χ0) is 13.4. The Morgan fingerprint density at radius 1 is 1.11 bits per heavy atom. The van der Waals surface area contributed by atoms with E-state index >= 15 is 0 Å². The maximum absolute atomic E-state index is 11.5. The number of amides is 1. The second-order valence-corrected chi connectivity index (χ2v) is 4.16. The lowest BCUT2D eigenvalue weighted by atomic mass is 9.96. The highest BCUT2D eigenvalue weighted by atomic mass is 16.1. The van der Waals surface area contributed by atoms with Crippen molar-refractivity contribution in [1.82, 2.24) is 0 Å². The topological polar surface area (TPSA) is 114 Å². The summed E-state index contributed by atoms with van der Waals surface area (Å²) in [5.74, 6) is -1.72. The largest absolute Gasteiger partial charge is 0.368 e. The Balaban J connectivity index is 2.64. The van der Waals surface area contributed by atoms with Crippen molar-refractivity contribution in [1.29, 1.82) is 15.8 Å². The first-order chi connectivity index (χ1) is 8.60.